The third-order valence-electron chi connectivity index (χ3n) is 3.13. The predicted molar refractivity (Wildman–Crippen MR) is 74.3 cm³/mol. The molecule has 3 nitrogen and oxygen atoms in total. The van der Waals surface area contributed by atoms with E-state index in [1.165, 1.54) is 12.1 Å². The summed E-state index contributed by atoms with van der Waals surface area (Å²) in [5.41, 5.74) is 0.587. The number of hydrogen-bond donors (Lipinski definition) is 1. The smallest absolute Gasteiger partial charge is 0.307 e. The molecule has 1 N–H and O–H groups in total. The number of benzene rings is 1. The highest BCUT2D eigenvalue weighted by atomic mass is 35.5. The van der Waals surface area contributed by atoms with Crippen LogP contribution in [0.25, 0.3) is 0 Å². The number of carboxylic acids is 1. The van der Waals surface area contributed by atoms with Gasteiger partial charge in [-0.15, -0.1) is 0 Å². The van der Waals surface area contributed by atoms with Gasteiger partial charge in [-0.25, -0.2) is 4.39 Å². The van der Waals surface area contributed by atoms with Crippen molar-refractivity contribution in [3.8, 4) is 0 Å². The Hall–Kier alpha value is -0.840. The number of carbonyl (C=O) groups is 1. The van der Waals surface area contributed by atoms with Gasteiger partial charge in [0.2, 0.25) is 0 Å². The van der Waals surface area contributed by atoms with Gasteiger partial charge in [0, 0.05) is 17.6 Å². The fourth-order valence-corrected chi connectivity index (χ4v) is 2.30. The SMILES string of the molecule is CC(CN(C)C(C)c1cc(F)c(Cl)cc1Cl)C(=O)O. The summed E-state index contributed by atoms with van der Waals surface area (Å²) < 4.78 is 13.5. The topological polar surface area (TPSA) is 40.5 Å². The maximum atomic E-state index is 13.5. The zero-order valence-electron chi connectivity index (χ0n) is 11.0. The van der Waals surface area contributed by atoms with Gasteiger partial charge in [0.1, 0.15) is 5.82 Å². The van der Waals surface area contributed by atoms with Gasteiger partial charge in [0.25, 0.3) is 0 Å². The summed E-state index contributed by atoms with van der Waals surface area (Å²) in [7, 11) is 1.77. The zero-order valence-corrected chi connectivity index (χ0v) is 12.5. The van der Waals surface area contributed by atoms with E-state index in [4.69, 9.17) is 28.3 Å². The van der Waals surface area contributed by atoms with Crippen molar-refractivity contribution in [2.45, 2.75) is 19.9 Å². The lowest BCUT2D eigenvalue weighted by atomic mass is 10.1. The molecule has 0 amide bonds. The van der Waals surface area contributed by atoms with Crippen LogP contribution in [0.5, 0.6) is 0 Å². The highest BCUT2D eigenvalue weighted by Gasteiger charge is 2.21. The molecule has 19 heavy (non-hydrogen) atoms. The van der Waals surface area contributed by atoms with E-state index in [9.17, 15) is 9.18 Å². The molecule has 106 valence electrons. The number of rotatable bonds is 5. The molecule has 0 aliphatic heterocycles. The van der Waals surface area contributed by atoms with Crippen molar-refractivity contribution in [1.29, 1.82) is 0 Å². The van der Waals surface area contributed by atoms with Crippen LogP contribution >= 0.6 is 23.2 Å². The van der Waals surface area contributed by atoms with Gasteiger partial charge in [-0.05, 0) is 31.7 Å². The normalized spacial score (nSPS) is 14.5. The van der Waals surface area contributed by atoms with E-state index in [2.05, 4.69) is 0 Å². The van der Waals surface area contributed by atoms with Crippen LogP contribution < -0.4 is 0 Å². The first-order valence-electron chi connectivity index (χ1n) is 5.81. The number of nitrogens with zero attached hydrogens (tertiary/aromatic N) is 1. The van der Waals surface area contributed by atoms with Crippen LogP contribution in [0, 0.1) is 11.7 Å². The van der Waals surface area contributed by atoms with Gasteiger partial charge in [0.05, 0.1) is 10.9 Å². The van der Waals surface area contributed by atoms with Gasteiger partial charge in [-0.2, -0.15) is 0 Å². The second-order valence-electron chi connectivity index (χ2n) is 4.64. The molecular formula is C13H16Cl2FNO2. The predicted octanol–water partition coefficient (Wildman–Crippen LogP) is 3.85. The Morgan fingerprint density at radius 1 is 1.37 bits per heavy atom. The number of halogens is 3. The molecule has 0 aliphatic carbocycles. The molecule has 0 heterocycles. The Kier molecular flexibility index (Phi) is 5.59. The molecule has 0 bridgehead atoms. The van der Waals surface area contributed by atoms with Crippen LogP contribution in [0.15, 0.2) is 12.1 Å². The first-order valence-corrected chi connectivity index (χ1v) is 6.57. The highest BCUT2D eigenvalue weighted by molar-refractivity contribution is 6.35. The Bertz CT molecular complexity index is 482. The van der Waals surface area contributed by atoms with Crippen molar-refractivity contribution in [1.82, 2.24) is 4.90 Å². The van der Waals surface area contributed by atoms with Crippen molar-refractivity contribution in [2.24, 2.45) is 5.92 Å². The molecule has 0 saturated carbocycles. The average Bonchev–Trinajstić information content (AvgIpc) is 2.32. The quantitative estimate of drug-likeness (QED) is 0.840. The minimum absolute atomic E-state index is 0.0255. The molecule has 0 saturated heterocycles. The highest BCUT2D eigenvalue weighted by Crippen LogP contribution is 2.31. The van der Waals surface area contributed by atoms with Gasteiger partial charge in [-0.3, -0.25) is 9.69 Å². The van der Waals surface area contributed by atoms with Crippen LogP contribution in [-0.4, -0.2) is 29.6 Å². The van der Waals surface area contributed by atoms with Crippen LogP contribution in [0.2, 0.25) is 10.0 Å². The minimum Gasteiger partial charge on any atom is -0.481 e. The van der Waals surface area contributed by atoms with Gasteiger partial charge >= 0.3 is 5.97 Å². The largest absolute Gasteiger partial charge is 0.481 e. The number of carboxylic acid groups (broad SMARTS) is 1. The van der Waals surface area contributed by atoms with Crippen LogP contribution in [-0.2, 0) is 4.79 Å². The number of hydrogen-bond acceptors (Lipinski definition) is 2. The van der Waals surface area contributed by atoms with E-state index in [1.54, 1.807) is 14.0 Å². The van der Waals surface area contributed by atoms with Crippen LogP contribution in [0.1, 0.15) is 25.5 Å². The molecule has 0 spiro atoms. The third kappa shape index (κ3) is 4.06. The first kappa shape index (κ1) is 16.2. The van der Waals surface area contributed by atoms with Crippen LogP contribution in [0.4, 0.5) is 4.39 Å². The molecule has 2 unspecified atom stereocenters. The van der Waals surface area contributed by atoms with Crippen molar-refractivity contribution < 1.29 is 14.3 Å². The molecule has 1 rings (SSSR count). The molecule has 0 radical (unpaired) electrons. The standard InChI is InChI=1S/C13H16Cl2FNO2/c1-7(13(18)19)6-17(3)8(2)9-4-12(16)11(15)5-10(9)14/h4-5,7-8H,6H2,1-3H3,(H,18,19). The molecular weight excluding hydrogens is 292 g/mol. The summed E-state index contributed by atoms with van der Waals surface area (Å²) in [6.07, 6.45) is 0. The fraction of sp³-hybridized carbons (Fsp3) is 0.462. The first-order chi connectivity index (χ1) is 8.73. The van der Waals surface area contributed by atoms with E-state index in [1.807, 2.05) is 11.8 Å². The maximum Gasteiger partial charge on any atom is 0.307 e. The molecule has 1 aromatic rings. The molecule has 1 aromatic carbocycles. The van der Waals surface area contributed by atoms with E-state index in [-0.39, 0.29) is 11.1 Å². The maximum absolute atomic E-state index is 13.5. The second-order valence-corrected chi connectivity index (χ2v) is 5.46. The van der Waals surface area contributed by atoms with Crippen molar-refractivity contribution >= 4 is 29.2 Å². The van der Waals surface area contributed by atoms with Crippen molar-refractivity contribution in [3.63, 3.8) is 0 Å². The van der Waals surface area contributed by atoms with Gasteiger partial charge in [0.15, 0.2) is 0 Å². The molecule has 0 aromatic heterocycles. The molecule has 2 atom stereocenters. The lowest BCUT2D eigenvalue weighted by Crippen LogP contribution is -2.31. The summed E-state index contributed by atoms with van der Waals surface area (Å²) in [6.45, 7) is 3.80. The lowest BCUT2D eigenvalue weighted by molar-refractivity contribution is -0.141. The summed E-state index contributed by atoms with van der Waals surface area (Å²) in [5, 5.41) is 9.23. The summed E-state index contributed by atoms with van der Waals surface area (Å²) in [4.78, 5) is 12.6. The van der Waals surface area contributed by atoms with Crippen LogP contribution in [0.3, 0.4) is 0 Å². The van der Waals surface area contributed by atoms with Gasteiger partial charge < -0.3 is 5.11 Å². The Balaban J connectivity index is 2.91. The van der Waals surface area contributed by atoms with Crippen molar-refractivity contribution in [2.75, 3.05) is 13.6 Å². The Labute approximate surface area is 121 Å². The fourth-order valence-electron chi connectivity index (χ4n) is 1.76. The van der Waals surface area contributed by atoms with Gasteiger partial charge in [-0.1, -0.05) is 30.1 Å². The average molecular weight is 308 g/mol. The monoisotopic (exact) mass is 307 g/mol. The van der Waals surface area contributed by atoms with E-state index >= 15 is 0 Å². The lowest BCUT2D eigenvalue weighted by Gasteiger charge is -2.27. The van der Waals surface area contributed by atoms with E-state index < -0.39 is 17.7 Å². The molecule has 6 heteroatoms. The molecule has 0 fully saturated rings. The summed E-state index contributed by atoms with van der Waals surface area (Å²) in [5.74, 6) is -1.91. The minimum atomic E-state index is -0.868. The summed E-state index contributed by atoms with van der Waals surface area (Å²) >= 11 is 11.7. The third-order valence-corrected chi connectivity index (χ3v) is 3.75. The Morgan fingerprint density at radius 3 is 2.47 bits per heavy atom. The zero-order chi connectivity index (χ0) is 14.7. The van der Waals surface area contributed by atoms with Crippen molar-refractivity contribution in [3.05, 3.63) is 33.6 Å². The Morgan fingerprint density at radius 2 is 1.95 bits per heavy atom. The number of aliphatic carboxylic acids is 1. The van der Waals surface area contributed by atoms with E-state index in [0.29, 0.717) is 17.1 Å². The molecule has 0 aliphatic rings. The van der Waals surface area contributed by atoms with E-state index in [0.717, 1.165) is 0 Å². The summed E-state index contributed by atoms with van der Waals surface area (Å²) in [6, 6.07) is 2.44. The second kappa shape index (κ2) is 6.55.